The van der Waals surface area contributed by atoms with Gasteiger partial charge in [0.15, 0.2) is 0 Å². The molecule has 0 aliphatic rings. The lowest BCUT2D eigenvalue weighted by molar-refractivity contribution is -0.131. The lowest BCUT2D eigenvalue weighted by Crippen LogP contribution is -2.39. The van der Waals surface area contributed by atoms with Gasteiger partial charge in [0, 0.05) is 6.08 Å². The highest BCUT2D eigenvalue weighted by atomic mass is 16.4. The van der Waals surface area contributed by atoms with Crippen LogP contribution in [0.1, 0.15) is 0 Å². The molecular formula is C17H18NO2+. The van der Waals surface area contributed by atoms with Crippen molar-refractivity contribution in [1.29, 1.82) is 0 Å². The highest BCUT2D eigenvalue weighted by molar-refractivity contribution is 5.79. The van der Waals surface area contributed by atoms with E-state index in [1.165, 1.54) is 6.08 Å². The molecule has 0 radical (unpaired) electrons. The minimum absolute atomic E-state index is 0.533. The van der Waals surface area contributed by atoms with Crippen molar-refractivity contribution in [3.8, 4) is 0 Å². The molecular weight excluding hydrogens is 250 g/mol. The van der Waals surface area contributed by atoms with Crippen molar-refractivity contribution in [2.45, 2.75) is 0 Å². The molecule has 0 saturated carbocycles. The number of aliphatic carboxylic acids is 1. The lowest BCUT2D eigenvalue weighted by Gasteiger charge is -2.32. The van der Waals surface area contributed by atoms with Gasteiger partial charge in [0.25, 0.3) is 0 Å². The molecule has 0 saturated heterocycles. The molecule has 2 aromatic rings. The smallest absolute Gasteiger partial charge is 0.328 e. The Hall–Kier alpha value is -2.39. The van der Waals surface area contributed by atoms with E-state index in [0.29, 0.717) is 11.0 Å². The maximum absolute atomic E-state index is 10.7. The normalized spacial score (nSPS) is 11.7. The van der Waals surface area contributed by atoms with Gasteiger partial charge in [-0.15, -0.1) is 0 Å². The number of para-hydroxylation sites is 2. The highest BCUT2D eigenvalue weighted by Crippen LogP contribution is 2.31. The monoisotopic (exact) mass is 268 g/mol. The molecule has 0 heterocycles. The number of likely N-dealkylation sites (N-methyl/N-ethyl adjacent to an activating group) is 1. The van der Waals surface area contributed by atoms with Crippen LogP contribution in [-0.4, -0.2) is 24.7 Å². The predicted molar refractivity (Wildman–Crippen MR) is 81.9 cm³/mol. The summed E-state index contributed by atoms with van der Waals surface area (Å²) in [4.78, 5) is 10.7. The molecule has 3 nitrogen and oxygen atoms in total. The Morgan fingerprint density at radius 1 is 1.00 bits per heavy atom. The molecule has 0 aliphatic heterocycles. The summed E-state index contributed by atoms with van der Waals surface area (Å²) in [6, 6.07) is 20.2. The van der Waals surface area contributed by atoms with Crippen molar-refractivity contribution in [3.63, 3.8) is 0 Å². The molecule has 20 heavy (non-hydrogen) atoms. The van der Waals surface area contributed by atoms with Gasteiger partial charge in [-0.2, -0.15) is 0 Å². The topological polar surface area (TPSA) is 37.3 Å². The molecule has 0 spiro atoms. The standard InChI is InChI=1S/C17H17NO2/c1-18(14-8-13-17(19)20,15-9-4-2-5-10-15)16-11-6-3-7-12-16/h2-13H,14H2,1H3/p+1. The van der Waals surface area contributed by atoms with Gasteiger partial charge < -0.3 is 5.11 Å². The molecule has 0 unspecified atom stereocenters. The van der Waals surface area contributed by atoms with E-state index in [4.69, 9.17) is 5.11 Å². The fourth-order valence-corrected chi connectivity index (χ4v) is 2.24. The van der Waals surface area contributed by atoms with Crippen LogP contribution in [0.4, 0.5) is 11.4 Å². The van der Waals surface area contributed by atoms with E-state index in [0.717, 1.165) is 11.4 Å². The lowest BCUT2D eigenvalue weighted by atomic mass is 10.2. The quantitative estimate of drug-likeness (QED) is 0.664. The van der Waals surface area contributed by atoms with Crippen LogP contribution in [0.5, 0.6) is 0 Å². The fraction of sp³-hybridized carbons (Fsp3) is 0.118. The van der Waals surface area contributed by atoms with Crippen LogP contribution < -0.4 is 4.48 Å². The Morgan fingerprint density at radius 2 is 1.45 bits per heavy atom. The summed E-state index contributed by atoms with van der Waals surface area (Å²) in [5.74, 6) is -0.919. The Balaban J connectivity index is 2.41. The van der Waals surface area contributed by atoms with Crippen molar-refractivity contribution >= 4 is 17.3 Å². The number of carboxylic acid groups (broad SMARTS) is 1. The first-order chi connectivity index (χ1) is 9.63. The van der Waals surface area contributed by atoms with E-state index in [-0.39, 0.29) is 0 Å². The second-order valence-electron chi connectivity index (χ2n) is 4.79. The van der Waals surface area contributed by atoms with Crippen molar-refractivity contribution in [1.82, 2.24) is 4.48 Å². The van der Waals surface area contributed by atoms with Crippen LogP contribution >= 0.6 is 0 Å². The summed E-state index contributed by atoms with van der Waals surface area (Å²) >= 11 is 0. The molecule has 3 heteroatoms. The minimum atomic E-state index is -0.919. The van der Waals surface area contributed by atoms with Crippen molar-refractivity contribution < 1.29 is 9.90 Å². The predicted octanol–water partition coefficient (Wildman–Crippen LogP) is 3.60. The Labute approximate surface area is 119 Å². The van der Waals surface area contributed by atoms with Crippen LogP contribution in [0.3, 0.4) is 0 Å². The molecule has 1 N–H and O–H groups in total. The zero-order valence-electron chi connectivity index (χ0n) is 11.4. The van der Waals surface area contributed by atoms with E-state index in [1.807, 2.05) is 36.4 Å². The average molecular weight is 268 g/mol. The van der Waals surface area contributed by atoms with Crippen LogP contribution in [0.25, 0.3) is 0 Å². The summed E-state index contributed by atoms with van der Waals surface area (Å²) in [5.41, 5.74) is 2.24. The third-order valence-electron chi connectivity index (χ3n) is 3.38. The summed E-state index contributed by atoms with van der Waals surface area (Å²) in [5, 5.41) is 8.76. The number of carbonyl (C=O) groups is 1. The number of benzene rings is 2. The van der Waals surface area contributed by atoms with E-state index < -0.39 is 5.97 Å². The van der Waals surface area contributed by atoms with Crippen molar-refractivity contribution in [2.75, 3.05) is 13.6 Å². The summed E-state index contributed by atoms with van der Waals surface area (Å²) < 4.78 is 0.533. The summed E-state index contributed by atoms with van der Waals surface area (Å²) in [7, 11) is 2.08. The first kappa shape index (κ1) is 14.0. The zero-order valence-corrected chi connectivity index (χ0v) is 11.4. The second kappa shape index (κ2) is 6.17. The number of hydrogen-bond donors (Lipinski definition) is 1. The molecule has 0 aromatic heterocycles. The largest absolute Gasteiger partial charge is 0.478 e. The van der Waals surface area contributed by atoms with Crippen LogP contribution in [0.15, 0.2) is 72.8 Å². The maximum Gasteiger partial charge on any atom is 0.328 e. The summed E-state index contributed by atoms with van der Waals surface area (Å²) in [6.07, 6.45) is 2.89. The molecule has 0 bridgehead atoms. The minimum Gasteiger partial charge on any atom is -0.478 e. The molecule has 0 fully saturated rings. The molecule has 2 aromatic carbocycles. The number of quaternary nitrogens is 1. The average Bonchev–Trinajstić information content (AvgIpc) is 2.48. The zero-order chi connectivity index (χ0) is 14.4. The molecule has 2 rings (SSSR count). The van der Waals surface area contributed by atoms with Gasteiger partial charge in [-0.3, -0.25) is 4.48 Å². The summed E-state index contributed by atoms with van der Waals surface area (Å²) in [6.45, 7) is 0.584. The number of carboxylic acids is 1. The maximum atomic E-state index is 10.7. The Morgan fingerprint density at radius 3 is 1.85 bits per heavy atom. The highest BCUT2D eigenvalue weighted by Gasteiger charge is 2.26. The molecule has 0 atom stereocenters. The Bertz CT molecular complexity index is 551. The van der Waals surface area contributed by atoms with Gasteiger partial charge in [-0.05, 0) is 30.3 Å². The Kier molecular flexibility index (Phi) is 4.33. The fourth-order valence-electron chi connectivity index (χ4n) is 2.24. The number of rotatable bonds is 5. The van der Waals surface area contributed by atoms with E-state index >= 15 is 0 Å². The van der Waals surface area contributed by atoms with Gasteiger partial charge in [-0.25, -0.2) is 4.79 Å². The number of nitrogens with zero attached hydrogens (tertiary/aromatic N) is 1. The van der Waals surface area contributed by atoms with Gasteiger partial charge in [0.05, 0.1) is 7.05 Å². The van der Waals surface area contributed by atoms with Gasteiger partial charge >= 0.3 is 5.97 Å². The third kappa shape index (κ3) is 3.13. The SMILES string of the molecule is C[N+](CC=CC(=O)O)(c1ccccc1)c1ccccc1. The van der Waals surface area contributed by atoms with E-state index in [1.54, 1.807) is 6.08 Å². The van der Waals surface area contributed by atoms with Gasteiger partial charge in [-0.1, -0.05) is 36.4 Å². The molecule has 0 amide bonds. The molecule has 102 valence electrons. The van der Waals surface area contributed by atoms with Crippen LogP contribution in [-0.2, 0) is 4.79 Å². The molecule has 0 aliphatic carbocycles. The van der Waals surface area contributed by atoms with E-state index in [9.17, 15) is 4.79 Å². The first-order valence-electron chi connectivity index (χ1n) is 6.49. The van der Waals surface area contributed by atoms with E-state index in [2.05, 4.69) is 31.3 Å². The van der Waals surface area contributed by atoms with Crippen molar-refractivity contribution in [3.05, 3.63) is 72.8 Å². The third-order valence-corrected chi connectivity index (χ3v) is 3.38. The van der Waals surface area contributed by atoms with Crippen molar-refractivity contribution in [2.24, 2.45) is 0 Å². The van der Waals surface area contributed by atoms with Crippen LogP contribution in [0, 0.1) is 0 Å². The number of hydrogen-bond acceptors (Lipinski definition) is 1. The first-order valence-corrected chi connectivity index (χ1v) is 6.49. The van der Waals surface area contributed by atoms with Crippen LogP contribution in [0.2, 0.25) is 0 Å². The van der Waals surface area contributed by atoms with Gasteiger partial charge in [0.2, 0.25) is 0 Å². The van der Waals surface area contributed by atoms with Gasteiger partial charge in [0.1, 0.15) is 17.9 Å². The second-order valence-corrected chi connectivity index (χ2v) is 4.79.